The predicted octanol–water partition coefficient (Wildman–Crippen LogP) is 1.52. The van der Waals surface area contributed by atoms with E-state index in [-0.39, 0.29) is 6.61 Å². The number of benzene rings is 1. The van der Waals surface area contributed by atoms with Crippen LogP contribution in [0.4, 0.5) is 0 Å². The zero-order valence-corrected chi connectivity index (χ0v) is 10.6. The molecule has 0 spiro atoms. The summed E-state index contributed by atoms with van der Waals surface area (Å²) in [5, 5.41) is 18.0. The molecule has 1 aromatic rings. The molecule has 0 radical (unpaired) electrons. The van der Waals surface area contributed by atoms with Crippen LogP contribution < -0.4 is 4.74 Å². The third-order valence-electron chi connectivity index (χ3n) is 3.22. The summed E-state index contributed by atoms with van der Waals surface area (Å²) >= 11 is 0. The molecule has 0 aromatic heterocycles. The van der Waals surface area contributed by atoms with Gasteiger partial charge >= 0.3 is 0 Å². The van der Waals surface area contributed by atoms with Gasteiger partial charge in [0.05, 0.1) is 19.3 Å². The minimum atomic E-state index is 0.184. The molecule has 2 rings (SSSR count). The van der Waals surface area contributed by atoms with Crippen molar-refractivity contribution in [3.05, 3.63) is 29.3 Å². The molecule has 1 aromatic carbocycles. The van der Waals surface area contributed by atoms with Crippen molar-refractivity contribution < 1.29 is 9.84 Å². The zero-order chi connectivity index (χ0) is 13.0. The summed E-state index contributed by atoms with van der Waals surface area (Å²) in [6, 6.07) is 8.37. The van der Waals surface area contributed by atoms with Gasteiger partial charge in [0.25, 0.3) is 0 Å². The van der Waals surface area contributed by atoms with Gasteiger partial charge < -0.3 is 9.84 Å². The van der Waals surface area contributed by atoms with Gasteiger partial charge in [-0.25, -0.2) is 0 Å². The molecule has 18 heavy (non-hydrogen) atoms. The van der Waals surface area contributed by atoms with Crippen LogP contribution in [0.5, 0.6) is 5.75 Å². The third kappa shape index (κ3) is 3.00. The van der Waals surface area contributed by atoms with E-state index in [0.29, 0.717) is 23.9 Å². The van der Waals surface area contributed by atoms with Crippen LogP contribution in [0, 0.1) is 11.3 Å². The number of nitrogens with zero attached hydrogens (tertiary/aromatic N) is 2. The van der Waals surface area contributed by atoms with E-state index < -0.39 is 0 Å². The highest BCUT2D eigenvalue weighted by Crippen LogP contribution is 2.29. The second kappa shape index (κ2) is 5.85. The Kier molecular flexibility index (Phi) is 4.19. The number of aliphatic hydroxyl groups excluding tert-OH is 1. The highest BCUT2D eigenvalue weighted by atomic mass is 16.5. The lowest BCUT2D eigenvalue weighted by Gasteiger charge is -2.21. The van der Waals surface area contributed by atoms with E-state index in [2.05, 4.69) is 11.0 Å². The van der Waals surface area contributed by atoms with Crippen LogP contribution >= 0.6 is 0 Å². The fraction of sp³-hybridized carbons (Fsp3) is 0.500. The van der Waals surface area contributed by atoms with Crippen molar-refractivity contribution in [3.63, 3.8) is 0 Å². The third-order valence-corrected chi connectivity index (χ3v) is 3.22. The lowest BCUT2D eigenvalue weighted by Crippen LogP contribution is -2.28. The van der Waals surface area contributed by atoms with Crippen molar-refractivity contribution in [1.82, 2.24) is 4.90 Å². The molecule has 0 atom stereocenters. The summed E-state index contributed by atoms with van der Waals surface area (Å²) in [5.74, 6) is 0.620. The molecular formula is C14H18N2O2. The number of methoxy groups -OCH3 is 1. The fourth-order valence-electron chi connectivity index (χ4n) is 2.12. The minimum Gasteiger partial charge on any atom is -0.495 e. The minimum absolute atomic E-state index is 0.184. The van der Waals surface area contributed by atoms with Crippen molar-refractivity contribution in [2.75, 3.05) is 20.3 Å². The molecule has 1 aliphatic rings. The maximum Gasteiger partial charge on any atom is 0.136 e. The molecule has 0 bridgehead atoms. The van der Waals surface area contributed by atoms with Gasteiger partial charge in [0.2, 0.25) is 0 Å². The van der Waals surface area contributed by atoms with Gasteiger partial charge in [-0.15, -0.1) is 0 Å². The predicted molar refractivity (Wildman–Crippen MR) is 68.2 cm³/mol. The summed E-state index contributed by atoms with van der Waals surface area (Å²) in [4.78, 5) is 2.28. The monoisotopic (exact) mass is 246 g/mol. The Morgan fingerprint density at radius 1 is 1.50 bits per heavy atom. The second-order valence-electron chi connectivity index (χ2n) is 4.57. The SMILES string of the molecule is COc1cc(CN(CCO)C2CC2)ccc1C#N. The standard InChI is InChI=1S/C14H18N2O2/c1-18-14-8-11(2-3-12(14)9-15)10-16(6-7-17)13-4-5-13/h2-3,8,13,17H,4-7,10H2,1H3. The topological polar surface area (TPSA) is 56.5 Å². The highest BCUT2D eigenvalue weighted by Gasteiger charge is 2.28. The van der Waals surface area contributed by atoms with Crippen LogP contribution in [-0.2, 0) is 6.54 Å². The number of ether oxygens (including phenoxy) is 1. The van der Waals surface area contributed by atoms with Crippen LogP contribution in [0.15, 0.2) is 18.2 Å². The lowest BCUT2D eigenvalue weighted by molar-refractivity contribution is 0.183. The Morgan fingerprint density at radius 3 is 2.83 bits per heavy atom. The normalized spacial score (nSPS) is 14.6. The van der Waals surface area contributed by atoms with Gasteiger partial charge in [-0.2, -0.15) is 5.26 Å². The number of nitriles is 1. The van der Waals surface area contributed by atoms with E-state index in [0.717, 1.165) is 12.1 Å². The molecule has 4 heteroatoms. The van der Waals surface area contributed by atoms with Gasteiger partial charge in [0.1, 0.15) is 11.8 Å². The Morgan fingerprint density at radius 2 is 2.28 bits per heavy atom. The Bertz CT molecular complexity index is 450. The van der Waals surface area contributed by atoms with E-state index in [1.54, 1.807) is 13.2 Å². The molecule has 0 unspecified atom stereocenters. The molecular weight excluding hydrogens is 228 g/mol. The van der Waals surface area contributed by atoms with Crippen molar-refractivity contribution in [2.45, 2.75) is 25.4 Å². The first-order valence-corrected chi connectivity index (χ1v) is 6.20. The van der Waals surface area contributed by atoms with Crippen LogP contribution in [0.1, 0.15) is 24.0 Å². The number of hydrogen-bond donors (Lipinski definition) is 1. The van der Waals surface area contributed by atoms with Crippen molar-refractivity contribution in [1.29, 1.82) is 5.26 Å². The van der Waals surface area contributed by atoms with Crippen LogP contribution in [0.3, 0.4) is 0 Å². The molecule has 4 nitrogen and oxygen atoms in total. The summed E-state index contributed by atoms with van der Waals surface area (Å²) in [6.45, 7) is 1.68. The van der Waals surface area contributed by atoms with Gasteiger partial charge in [-0.05, 0) is 30.5 Å². The number of rotatable bonds is 6. The van der Waals surface area contributed by atoms with E-state index in [4.69, 9.17) is 15.1 Å². The fourth-order valence-corrected chi connectivity index (χ4v) is 2.12. The van der Waals surface area contributed by atoms with Crippen LogP contribution in [0.25, 0.3) is 0 Å². The van der Waals surface area contributed by atoms with Crippen molar-refractivity contribution in [2.24, 2.45) is 0 Å². The Labute approximate surface area is 107 Å². The Balaban J connectivity index is 2.10. The van der Waals surface area contributed by atoms with Crippen molar-refractivity contribution in [3.8, 4) is 11.8 Å². The smallest absolute Gasteiger partial charge is 0.136 e. The maximum atomic E-state index is 9.06. The molecule has 0 saturated heterocycles. The summed E-state index contributed by atoms with van der Waals surface area (Å²) < 4.78 is 5.20. The molecule has 1 N–H and O–H groups in total. The van der Waals surface area contributed by atoms with E-state index in [9.17, 15) is 0 Å². The molecule has 0 aliphatic heterocycles. The lowest BCUT2D eigenvalue weighted by atomic mass is 10.1. The molecule has 1 aliphatic carbocycles. The van der Waals surface area contributed by atoms with Gasteiger partial charge in [0, 0.05) is 19.1 Å². The largest absolute Gasteiger partial charge is 0.495 e. The number of hydrogen-bond acceptors (Lipinski definition) is 4. The summed E-state index contributed by atoms with van der Waals surface area (Å²) in [7, 11) is 1.58. The van der Waals surface area contributed by atoms with Crippen LogP contribution in [0.2, 0.25) is 0 Å². The van der Waals surface area contributed by atoms with Crippen LogP contribution in [-0.4, -0.2) is 36.3 Å². The quantitative estimate of drug-likeness (QED) is 0.827. The van der Waals surface area contributed by atoms with Crippen molar-refractivity contribution >= 4 is 0 Å². The average molecular weight is 246 g/mol. The molecule has 1 saturated carbocycles. The zero-order valence-electron chi connectivity index (χ0n) is 10.6. The average Bonchev–Trinajstić information content (AvgIpc) is 3.22. The van der Waals surface area contributed by atoms with E-state index >= 15 is 0 Å². The molecule has 0 heterocycles. The first-order valence-electron chi connectivity index (χ1n) is 6.20. The second-order valence-corrected chi connectivity index (χ2v) is 4.57. The van der Waals surface area contributed by atoms with Gasteiger partial charge in [-0.3, -0.25) is 4.90 Å². The maximum absolute atomic E-state index is 9.06. The molecule has 96 valence electrons. The van der Waals surface area contributed by atoms with E-state index in [1.807, 2.05) is 12.1 Å². The Hall–Kier alpha value is -1.57. The summed E-state index contributed by atoms with van der Waals surface area (Å²) in [6.07, 6.45) is 2.43. The van der Waals surface area contributed by atoms with Gasteiger partial charge in [-0.1, -0.05) is 6.07 Å². The molecule has 0 amide bonds. The van der Waals surface area contributed by atoms with E-state index in [1.165, 1.54) is 12.8 Å². The molecule has 1 fully saturated rings. The first-order chi connectivity index (χ1) is 8.78. The first kappa shape index (κ1) is 12.9. The number of aliphatic hydroxyl groups is 1. The van der Waals surface area contributed by atoms with Gasteiger partial charge in [0.15, 0.2) is 0 Å². The highest BCUT2D eigenvalue weighted by molar-refractivity contribution is 5.45. The summed E-state index contributed by atoms with van der Waals surface area (Å²) in [5.41, 5.74) is 1.67.